The Hall–Kier alpha value is -2.81. The Bertz CT molecular complexity index is 783. The van der Waals surface area contributed by atoms with E-state index in [-0.39, 0.29) is 31.1 Å². The van der Waals surface area contributed by atoms with E-state index in [4.69, 9.17) is 14.2 Å². The highest BCUT2D eigenvalue weighted by molar-refractivity contribution is 6.03. The summed E-state index contributed by atoms with van der Waals surface area (Å²) in [5.41, 5.74) is 0.216. The number of fused-ring (bicyclic) bond motifs is 1. The third-order valence-electron chi connectivity index (χ3n) is 4.40. The molecule has 1 aromatic rings. The Morgan fingerprint density at radius 2 is 2.10 bits per heavy atom. The smallest absolute Gasteiger partial charge is 0.412 e. The molecule has 1 atom stereocenters. The molecule has 1 unspecified atom stereocenters. The summed E-state index contributed by atoms with van der Waals surface area (Å²) >= 11 is 0. The average Bonchev–Trinajstić information content (AvgIpc) is 3.14. The van der Waals surface area contributed by atoms with Gasteiger partial charge in [0, 0.05) is 18.8 Å². The summed E-state index contributed by atoms with van der Waals surface area (Å²) in [7, 11) is 0. The Morgan fingerprint density at radius 1 is 1.31 bits per heavy atom. The molecule has 0 aromatic heterocycles. The molecule has 3 amide bonds. The van der Waals surface area contributed by atoms with Crippen LogP contribution in [0.1, 0.15) is 33.6 Å². The molecule has 0 spiro atoms. The summed E-state index contributed by atoms with van der Waals surface area (Å²) in [4.78, 5) is 38.1. The van der Waals surface area contributed by atoms with E-state index in [0.29, 0.717) is 30.3 Å². The van der Waals surface area contributed by atoms with E-state index in [9.17, 15) is 14.4 Å². The molecule has 2 aliphatic rings. The first-order chi connectivity index (χ1) is 13.7. The molecule has 1 aromatic carbocycles. The molecule has 0 saturated carbocycles. The fourth-order valence-electron chi connectivity index (χ4n) is 3.11. The molecule has 2 heterocycles. The Morgan fingerprint density at radius 3 is 2.79 bits per heavy atom. The number of anilines is 2. The number of rotatable bonds is 5. The van der Waals surface area contributed by atoms with Crippen LogP contribution in [0.15, 0.2) is 18.2 Å². The minimum Gasteiger partial charge on any atom is -0.482 e. The Labute approximate surface area is 169 Å². The first-order valence-electron chi connectivity index (χ1n) is 9.67. The van der Waals surface area contributed by atoms with E-state index in [1.807, 2.05) is 0 Å². The van der Waals surface area contributed by atoms with Gasteiger partial charge in [0.15, 0.2) is 6.61 Å². The largest absolute Gasteiger partial charge is 0.482 e. The van der Waals surface area contributed by atoms with Crippen LogP contribution in [0.3, 0.4) is 0 Å². The lowest BCUT2D eigenvalue weighted by atomic mass is 10.2. The van der Waals surface area contributed by atoms with Crippen molar-refractivity contribution >= 4 is 29.3 Å². The monoisotopic (exact) mass is 405 g/mol. The molecule has 9 heteroatoms. The van der Waals surface area contributed by atoms with Crippen molar-refractivity contribution in [2.75, 3.05) is 36.5 Å². The second kappa shape index (κ2) is 8.69. The maximum Gasteiger partial charge on any atom is 0.412 e. The van der Waals surface area contributed by atoms with Crippen LogP contribution in [0.2, 0.25) is 0 Å². The van der Waals surface area contributed by atoms with E-state index >= 15 is 0 Å². The summed E-state index contributed by atoms with van der Waals surface area (Å²) in [6, 6.07) is 4.88. The summed E-state index contributed by atoms with van der Waals surface area (Å²) in [6.45, 7) is 6.14. The minimum absolute atomic E-state index is 0.0243. The highest BCUT2D eigenvalue weighted by atomic mass is 16.6. The number of nitrogens with one attached hydrogen (secondary N) is 2. The molecule has 1 saturated heterocycles. The van der Waals surface area contributed by atoms with Crippen LogP contribution in [0.5, 0.6) is 5.75 Å². The van der Waals surface area contributed by atoms with Crippen molar-refractivity contribution < 1.29 is 28.6 Å². The Balaban J connectivity index is 1.67. The van der Waals surface area contributed by atoms with Crippen LogP contribution in [-0.2, 0) is 19.1 Å². The zero-order valence-electron chi connectivity index (χ0n) is 16.9. The normalized spacial score (nSPS) is 18.7. The van der Waals surface area contributed by atoms with Crippen molar-refractivity contribution in [1.82, 2.24) is 5.32 Å². The molecule has 3 rings (SSSR count). The van der Waals surface area contributed by atoms with E-state index < -0.39 is 11.7 Å². The van der Waals surface area contributed by atoms with Crippen LogP contribution in [0.25, 0.3) is 0 Å². The fraction of sp³-hybridized carbons (Fsp3) is 0.550. The van der Waals surface area contributed by atoms with Crippen LogP contribution in [0, 0.1) is 0 Å². The molecule has 1 fully saturated rings. The average molecular weight is 405 g/mol. The lowest BCUT2D eigenvalue weighted by Crippen LogP contribution is -2.46. The number of nitrogens with zero attached hydrogens (tertiary/aromatic N) is 1. The number of hydrogen-bond donors (Lipinski definition) is 2. The van der Waals surface area contributed by atoms with Gasteiger partial charge in [0.2, 0.25) is 5.91 Å². The maximum atomic E-state index is 12.4. The molecule has 2 N–H and O–H groups in total. The zero-order valence-corrected chi connectivity index (χ0v) is 16.9. The van der Waals surface area contributed by atoms with E-state index in [1.165, 1.54) is 4.90 Å². The number of amides is 3. The van der Waals surface area contributed by atoms with Crippen molar-refractivity contribution in [2.45, 2.75) is 45.3 Å². The number of ether oxygens (including phenoxy) is 3. The molecule has 0 bridgehead atoms. The molecular weight excluding hydrogens is 378 g/mol. The van der Waals surface area contributed by atoms with Crippen molar-refractivity contribution in [3.63, 3.8) is 0 Å². The van der Waals surface area contributed by atoms with Gasteiger partial charge in [0.1, 0.15) is 17.9 Å². The third kappa shape index (κ3) is 5.83. The third-order valence-corrected chi connectivity index (χ3v) is 4.40. The predicted molar refractivity (Wildman–Crippen MR) is 106 cm³/mol. The SMILES string of the molecule is CC(C)(C)OC(=O)Nc1ccc2c(c1)N(CC(=O)NCC1CCCO1)C(=O)CO2. The highest BCUT2D eigenvalue weighted by Gasteiger charge is 2.28. The van der Waals surface area contributed by atoms with Gasteiger partial charge >= 0.3 is 6.09 Å². The second-order valence-electron chi connectivity index (χ2n) is 8.02. The molecular formula is C20H27N3O6. The van der Waals surface area contributed by atoms with Crippen LogP contribution in [0.4, 0.5) is 16.2 Å². The fourth-order valence-corrected chi connectivity index (χ4v) is 3.11. The standard InChI is InChI=1S/C20H27N3O6/c1-20(2,3)29-19(26)22-13-6-7-16-15(9-13)23(18(25)12-28-16)11-17(24)21-10-14-5-4-8-27-14/h6-7,9,14H,4-5,8,10-12H2,1-3H3,(H,21,24)(H,22,26). The van der Waals surface area contributed by atoms with E-state index in [0.717, 1.165) is 12.8 Å². The highest BCUT2D eigenvalue weighted by Crippen LogP contribution is 2.34. The number of hydrogen-bond acceptors (Lipinski definition) is 6. The topological polar surface area (TPSA) is 106 Å². The lowest BCUT2D eigenvalue weighted by molar-refractivity contribution is -0.125. The van der Waals surface area contributed by atoms with Gasteiger partial charge in [0.05, 0.1) is 11.8 Å². The number of carbonyl (C=O) groups is 3. The molecule has 29 heavy (non-hydrogen) atoms. The summed E-state index contributed by atoms with van der Waals surface area (Å²) in [5.74, 6) is -0.155. The van der Waals surface area contributed by atoms with Crippen molar-refractivity contribution in [1.29, 1.82) is 0 Å². The van der Waals surface area contributed by atoms with Gasteiger partial charge in [-0.2, -0.15) is 0 Å². The first-order valence-corrected chi connectivity index (χ1v) is 9.67. The van der Waals surface area contributed by atoms with Crippen LogP contribution < -0.4 is 20.3 Å². The Kier molecular flexibility index (Phi) is 6.26. The quantitative estimate of drug-likeness (QED) is 0.777. The van der Waals surface area contributed by atoms with E-state index in [1.54, 1.807) is 39.0 Å². The van der Waals surface area contributed by atoms with Gasteiger partial charge in [-0.15, -0.1) is 0 Å². The summed E-state index contributed by atoms with van der Waals surface area (Å²) < 4.78 is 16.2. The van der Waals surface area contributed by atoms with Crippen LogP contribution >= 0.6 is 0 Å². The molecule has 0 radical (unpaired) electrons. The molecule has 0 aliphatic carbocycles. The van der Waals surface area contributed by atoms with Gasteiger partial charge in [-0.1, -0.05) is 0 Å². The molecule has 158 valence electrons. The number of carbonyl (C=O) groups excluding carboxylic acids is 3. The lowest BCUT2D eigenvalue weighted by Gasteiger charge is -2.29. The van der Waals surface area contributed by atoms with Crippen LogP contribution in [-0.4, -0.2) is 55.9 Å². The van der Waals surface area contributed by atoms with Gasteiger partial charge < -0.3 is 19.5 Å². The zero-order chi connectivity index (χ0) is 21.0. The molecule has 2 aliphatic heterocycles. The summed E-state index contributed by atoms with van der Waals surface area (Å²) in [5, 5.41) is 5.44. The number of benzene rings is 1. The summed E-state index contributed by atoms with van der Waals surface area (Å²) in [6.07, 6.45) is 1.32. The first kappa shape index (κ1) is 20.9. The van der Waals surface area contributed by atoms with E-state index in [2.05, 4.69) is 10.6 Å². The van der Waals surface area contributed by atoms with Crippen molar-refractivity contribution in [2.24, 2.45) is 0 Å². The van der Waals surface area contributed by atoms with Gasteiger partial charge in [-0.3, -0.25) is 19.8 Å². The van der Waals surface area contributed by atoms with Crippen molar-refractivity contribution in [3.8, 4) is 5.75 Å². The predicted octanol–water partition coefficient (Wildman–Crippen LogP) is 2.05. The van der Waals surface area contributed by atoms with Gasteiger partial charge in [-0.25, -0.2) is 4.79 Å². The van der Waals surface area contributed by atoms with Gasteiger partial charge in [0.25, 0.3) is 5.91 Å². The second-order valence-corrected chi connectivity index (χ2v) is 8.02. The van der Waals surface area contributed by atoms with Gasteiger partial charge in [-0.05, 0) is 51.8 Å². The molecule has 9 nitrogen and oxygen atoms in total. The maximum absolute atomic E-state index is 12.4. The van der Waals surface area contributed by atoms with Crippen molar-refractivity contribution in [3.05, 3.63) is 18.2 Å². The minimum atomic E-state index is -0.634.